The molecular weight excluding hydrogens is 202 g/mol. The quantitative estimate of drug-likeness (QED) is 0.738. The van der Waals surface area contributed by atoms with Crippen molar-refractivity contribution in [3.05, 3.63) is 0 Å². The topological polar surface area (TPSA) is 58.4 Å². The van der Waals surface area contributed by atoms with E-state index >= 15 is 0 Å². The minimum atomic E-state index is -0.354. The maximum absolute atomic E-state index is 11.8. The lowest BCUT2D eigenvalue weighted by molar-refractivity contribution is -0.123. The predicted molar refractivity (Wildman–Crippen MR) is 66.1 cm³/mol. The van der Waals surface area contributed by atoms with Crippen molar-refractivity contribution in [2.24, 2.45) is 11.7 Å². The summed E-state index contributed by atoms with van der Waals surface area (Å²) in [5.41, 5.74) is 5.84. The van der Waals surface area contributed by atoms with E-state index in [9.17, 15) is 4.79 Å². The zero-order valence-corrected chi connectivity index (χ0v) is 10.7. The molecule has 0 bridgehead atoms. The Hall–Kier alpha value is -0.610. The molecule has 0 aromatic rings. The lowest BCUT2D eigenvalue weighted by Crippen LogP contribution is -2.51. The molecule has 0 saturated carbocycles. The zero-order chi connectivity index (χ0) is 12.1. The number of hydrogen-bond acceptors (Lipinski definition) is 3. The molecule has 2 atom stereocenters. The summed E-state index contributed by atoms with van der Waals surface area (Å²) in [6, 6.07) is -0.0725. The third-order valence-electron chi connectivity index (χ3n) is 3.03. The number of nitrogens with one attached hydrogen (secondary N) is 1. The minimum absolute atomic E-state index is 0.00833. The van der Waals surface area contributed by atoms with E-state index in [0.717, 1.165) is 32.4 Å². The van der Waals surface area contributed by atoms with Gasteiger partial charge in [0.05, 0.1) is 6.04 Å². The molecule has 1 fully saturated rings. The van der Waals surface area contributed by atoms with Gasteiger partial charge >= 0.3 is 0 Å². The minimum Gasteiger partial charge on any atom is -0.351 e. The van der Waals surface area contributed by atoms with Crippen molar-refractivity contribution in [1.82, 2.24) is 10.2 Å². The highest BCUT2D eigenvalue weighted by Crippen LogP contribution is 2.09. The molecule has 0 radical (unpaired) electrons. The van der Waals surface area contributed by atoms with E-state index in [-0.39, 0.29) is 18.0 Å². The number of likely N-dealkylation sites (N-methyl/N-ethyl adjacent to an activating group) is 1. The van der Waals surface area contributed by atoms with Gasteiger partial charge in [-0.05, 0) is 38.8 Å². The second kappa shape index (κ2) is 6.21. The summed E-state index contributed by atoms with van der Waals surface area (Å²) in [4.78, 5) is 14.1. The molecule has 0 aromatic heterocycles. The number of piperidine rings is 1. The SMILES string of the molecule is CC(C)C[C@@H](N)C(=O)NC1CCCN(C)C1. The molecule has 1 unspecified atom stereocenters. The number of carbonyl (C=O) groups is 1. The van der Waals surface area contributed by atoms with Gasteiger partial charge in [0.25, 0.3) is 0 Å². The van der Waals surface area contributed by atoms with Crippen LogP contribution in [0.4, 0.5) is 0 Å². The summed E-state index contributed by atoms with van der Waals surface area (Å²) in [5, 5.41) is 3.05. The third kappa shape index (κ3) is 4.49. The molecule has 16 heavy (non-hydrogen) atoms. The van der Waals surface area contributed by atoms with Gasteiger partial charge in [-0.3, -0.25) is 4.79 Å². The van der Waals surface area contributed by atoms with Crippen LogP contribution in [0.2, 0.25) is 0 Å². The van der Waals surface area contributed by atoms with Crippen LogP contribution in [0.5, 0.6) is 0 Å². The van der Waals surface area contributed by atoms with Crippen LogP contribution in [0.3, 0.4) is 0 Å². The van der Waals surface area contributed by atoms with Crippen LogP contribution in [0, 0.1) is 5.92 Å². The number of amides is 1. The Labute approximate surface area is 98.6 Å². The van der Waals surface area contributed by atoms with Crippen LogP contribution in [0.1, 0.15) is 33.1 Å². The van der Waals surface area contributed by atoms with Gasteiger partial charge in [-0.25, -0.2) is 0 Å². The van der Waals surface area contributed by atoms with E-state index in [4.69, 9.17) is 5.73 Å². The summed E-state index contributed by atoms with van der Waals surface area (Å²) in [6.07, 6.45) is 2.99. The Kier molecular flexibility index (Phi) is 5.22. The summed E-state index contributed by atoms with van der Waals surface area (Å²) in [7, 11) is 2.09. The van der Waals surface area contributed by atoms with E-state index < -0.39 is 0 Å². The standard InChI is InChI=1S/C12H25N3O/c1-9(2)7-11(13)12(16)14-10-5-4-6-15(3)8-10/h9-11H,4-8,13H2,1-3H3,(H,14,16)/t10?,11-/m1/s1. The van der Waals surface area contributed by atoms with Gasteiger partial charge < -0.3 is 16.0 Å². The molecular formula is C12H25N3O. The van der Waals surface area contributed by atoms with Gasteiger partial charge in [-0.15, -0.1) is 0 Å². The molecule has 1 aliphatic rings. The van der Waals surface area contributed by atoms with Crippen molar-refractivity contribution in [3.63, 3.8) is 0 Å². The van der Waals surface area contributed by atoms with Crippen molar-refractivity contribution in [3.8, 4) is 0 Å². The fraction of sp³-hybridized carbons (Fsp3) is 0.917. The van der Waals surface area contributed by atoms with Crippen LogP contribution in [0.15, 0.2) is 0 Å². The zero-order valence-electron chi connectivity index (χ0n) is 10.7. The van der Waals surface area contributed by atoms with E-state index in [2.05, 4.69) is 31.1 Å². The number of carbonyl (C=O) groups excluding carboxylic acids is 1. The fourth-order valence-electron chi connectivity index (χ4n) is 2.21. The Morgan fingerprint density at radius 3 is 2.81 bits per heavy atom. The molecule has 4 nitrogen and oxygen atoms in total. The highest BCUT2D eigenvalue weighted by Gasteiger charge is 2.22. The van der Waals surface area contributed by atoms with Gasteiger partial charge in [0.2, 0.25) is 5.91 Å². The Bertz CT molecular complexity index is 230. The van der Waals surface area contributed by atoms with Crippen LogP contribution < -0.4 is 11.1 Å². The molecule has 0 aliphatic carbocycles. The summed E-state index contributed by atoms with van der Waals surface area (Å²) >= 11 is 0. The number of nitrogens with two attached hydrogens (primary N) is 1. The first kappa shape index (κ1) is 13.5. The molecule has 4 heteroatoms. The van der Waals surface area contributed by atoms with Gasteiger partial charge in [0.15, 0.2) is 0 Å². The fourth-order valence-corrected chi connectivity index (χ4v) is 2.21. The van der Waals surface area contributed by atoms with Gasteiger partial charge in [-0.1, -0.05) is 13.8 Å². The van der Waals surface area contributed by atoms with Crippen LogP contribution in [0.25, 0.3) is 0 Å². The number of hydrogen-bond donors (Lipinski definition) is 2. The smallest absolute Gasteiger partial charge is 0.237 e. The number of rotatable bonds is 4. The maximum Gasteiger partial charge on any atom is 0.237 e. The summed E-state index contributed by atoms with van der Waals surface area (Å²) < 4.78 is 0. The molecule has 1 rings (SSSR count). The first-order chi connectivity index (χ1) is 7.49. The maximum atomic E-state index is 11.8. The molecule has 1 heterocycles. The predicted octanol–water partition coefficient (Wildman–Crippen LogP) is 0.570. The van der Waals surface area contributed by atoms with E-state index in [1.54, 1.807) is 0 Å². The first-order valence-electron chi connectivity index (χ1n) is 6.23. The van der Waals surface area contributed by atoms with Gasteiger partial charge in [0.1, 0.15) is 0 Å². The molecule has 1 amide bonds. The lowest BCUT2D eigenvalue weighted by atomic mass is 10.0. The Morgan fingerprint density at radius 2 is 2.25 bits per heavy atom. The highest BCUT2D eigenvalue weighted by atomic mass is 16.2. The average Bonchev–Trinajstić information content (AvgIpc) is 2.16. The molecule has 1 saturated heterocycles. The van der Waals surface area contributed by atoms with Crippen molar-refractivity contribution < 1.29 is 4.79 Å². The molecule has 0 aromatic carbocycles. The van der Waals surface area contributed by atoms with Crippen LogP contribution >= 0.6 is 0 Å². The first-order valence-corrected chi connectivity index (χ1v) is 6.23. The highest BCUT2D eigenvalue weighted by molar-refractivity contribution is 5.81. The summed E-state index contributed by atoms with van der Waals surface area (Å²) in [5.74, 6) is 0.476. The summed E-state index contributed by atoms with van der Waals surface area (Å²) in [6.45, 7) is 6.24. The second-order valence-electron chi connectivity index (χ2n) is 5.35. The number of likely N-dealkylation sites (tertiary alicyclic amines) is 1. The van der Waals surface area contributed by atoms with Crippen LogP contribution in [-0.4, -0.2) is 43.0 Å². The van der Waals surface area contributed by atoms with E-state index in [1.807, 2.05) is 0 Å². The monoisotopic (exact) mass is 227 g/mol. The largest absolute Gasteiger partial charge is 0.351 e. The lowest BCUT2D eigenvalue weighted by Gasteiger charge is -2.31. The van der Waals surface area contributed by atoms with E-state index in [1.165, 1.54) is 0 Å². The van der Waals surface area contributed by atoms with Crippen LogP contribution in [-0.2, 0) is 4.79 Å². The van der Waals surface area contributed by atoms with E-state index in [0.29, 0.717) is 5.92 Å². The third-order valence-corrected chi connectivity index (χ3v) is 3.03. The van der Waals surface area contributed by atoms with Crippen molar-refractivity contribution >= 4 is 5.91 Å². The number of nitrogens with zero attached hydrogens (tertiary/aromatic N) is 1. The average molecular weight is 227 g/mol. The normalized spacial score (nSPS) is 24.4. The van der Waals surface area contributed by atoms with Crippen molar-refractivity contribution in [2.45, 2.75) is 45.2 Å². The second-order valence-corrected chi connectivity index (χ2v) is 5.35. The molecule has 94 valence electrons. The Balaban J connectivity index is 2.32. The van der Waals surface area contributed by atoms with Crippen molar-refractivity contribution in [2.75, 3.05) is 20.1 Å². The molecule has 1 aliphatic heterocycles. The Morgan fingerprint density at radius 1 is 1.56 bits per heavy atom. The molecule has 0 spiro atoms. The van der Waals surface area contributed by atoms with Crippen molar-refractivity contribution in [1.29, 1.82) is 0 Å². The molecule has 3 N–H and O–H groups in total. The van der Waals surface area contributed by atoms with Gasteiger partial charge in [-0.2, -0.15) is 0 Å². The van der Waals surface area contributed by atoms with Gasteiger partial charge in [0, 0.05) is 12.6 Å².